The topological polar surface area (TPSA) is 59.4 Å². The van der Waals surface area contributed by atoms with Crippen molar-refractivity contribution < 1.29 is 9.53 Å². The van der Waals surface area contributed by atoms with Crippen molar-refractivity contribution in [3.05, 3.63) is 11.8 Å². The zero-order chi connectivity index (χ0) is 17.1. The van der Waals surface area contributed by atoms with Crippen LogP contribution in [0.2, 0.25) is 0 Å². The second-order valence-electron chi connectivity index (χ2n) is 7.41. The first-order valence-corrected chi connectivity index (χ1v) is 9.25. The SMILES string of the molecule is Cc1cc(NC(=O)CN2CC(C)OC(C)C2)nn1C1CCCCC1. The summed E-state index contributed by atoms with van der Waals surface area (Å²) < 4.78 is 7.82. The lowest BCUT2D eigenvalue weighted by Gasteiger charge is -2.34. The molecule has 0 aromatic carbocycles. The fourth-order valence-corrected chi connectivity index (χ4v) is 4.04. The van der Waals surface area contributed by atoms with Gasteiger partial charge in [0.05, 0.1) is 24.8 Å². The number of aryl methyl sites for hydroxylation is 1. The average molecular weight is 334 g/mol. The van der Waals surface area contributed by atoms with E-state index in [1.54, 1.807) is 0 Å². The van der Waals surface area contributed by atoms with E-state index in [0.29, 0.717) is 18.4 Å². The van der Waals surface area contributed by atoms with Crippen LogP contribution < -0.4 is 5.32 Å². The lowest BCUT2D eigenvalue weighted by atomic mass is 9.95. The number of ether oxygens (including phenoxy) is 1. The van der Waals surface area contributed by atoms with Gasteiger partial charge in [0.1, 0.15) is 0 Å². The number of amides is 1. The normalized spacial score (nSPS) is 26.5. The lowest BCUT2D eigenvalue weighted by molar-refractivity contribution is -0.121. The summed E-state index contributed by atoms with van der Waals surface area (Å²) in [5.41, 5.74) is 1.13. The van der Waals surface area contributed by atoms with E-state index in [1.807, 2.05) is 6.07 Å². The molecule has 1 aromatic rings. The van der Waals surface area contributed by atoms with E-state index in [1.165, 1.54) is 32.1 Å². The summed E-state index contributed by atoms with van der Waals surface area (Å²) in [5.74, 6) is 0.682. The van der Waals surface area contributed by atoms with Crippen LogP contribution in [-0.4, -0.2) is 52.4 Å². The van der Waals surface area contributed by atoms with Gasteiger partial charge in [0.15, 0.2) is 5.82 Å². The monoisotopic (exact) mass is 334 g/mol. The Labute approximate surface area is 144 Å². The molecular weight excluding hydrogens is 304 g/mol. The molecule has 0 radical (unpaired) electrons. The predicted molar refractivity (Wildman–Crippen MR) is 94.2 cm³/mol. The van der Waals surface area contributed by atoms with Crippen molar-refractivity contribution in [3.63, 3.8) is 0 Å². The molecule has 2 heterocycles. The Kier molecular flexibility index (Phi) is 5.56. The summed E-state index contributed by atoms with van der Waals surface area (Å²) in [6.07, 6.45) is 6.62. The van der Waals surface area contributed by atoms with E-state index in [4.69, 9.17) is 4.74 Å². The molecule has 1 amide bonds. The molecular formula is C18H30N4O2. The van der Waals surface area contributed by atoms with Crippen LogP contribution in [0.25, 0.3) is 0 Å². The van der Waals surface area contributed by atoms with Crippen LogP contribution in [0.4, 0.5) is 5.82 Å². The molecule has 1 saturated heterocycles. The highest BCUT2D eigenvalue weighted by Crippen LogP contribution is 2.29. The second-order valence-corrected chi connectivity index (χ2v) is 7.41. The molecule has 2 unspecified atom stereocenters. The number of carbonyl (C=O) groups excluding carboxylic acids is 1. The van der Waals surface area contributed by atoms with Crippen LogP contribution >= 0.6 is 0 Å². The van der Waals surface area contributed by atoms with Gasteiger partial charge >= 0.3 is 0 Å². The Bertz CT molecular complexity index is 555. The standard InChI is InChI=1S/C18H30N4O2/c1-13-9-17(20-22(13)16-7-5-4-6-8-16)19-18(23)12-21-10-14(2)24-15(3)11-21/h9,14-16H,4-8,10-12H2,1-3H3,(H,19,20,23). The maximum Gasteiger partial charge on any atom is 0.239 e. The van der Waals surface area contributed by atoms with Crippen LogP contribution in [-0.2, 0) is 9.53 Å². The third kappa shape index (κ3) is 4.36. The van der Waals surface area contributed by atoms with E-state index in [9.17, 15) is 4.79 Å². The minimum Gasteiger partial charge on any atom is -0.373 e. The molecule has 0 bridgehead atoms. The molecule has 6 nitrogen and oxygen atoms in total. The van der Waals surface area contributed by atoms with Crippen LogP contribution in [0.3, 0.4) is 0 Å². The van der Waals surface area contributed by atoms with Crippen LogP contribution in [0.1, 0.15) is 57.7 Å². The number of morpholine rings is 1. The van der Waals surface area contributed by atoms with Crippen molar-refractivity contribution in [3.8, 4) is 0 Å². The molecule has 2 aliphatic rings. The summed E-state index contributed by atoms with van der Waals surface area (Å²) in [5, 5.41) is 7.60. The van der Waals surface area contributed by atoms with Crippen molar-refractivity contribution >= 4 is 11.7 Å². The number of aromatic nitrogens is 2. The van der Waals surface area contributed by atoms with Crippen molar-refractivity contribution in [2.45, 2.75) is 71.1 Å². The van der Waals surface area contributed by atoms with Gasteiger partial charge in [-0.1, -0.05) is 19.3 Å². The Morgan fingerprint density at radius 3 is 2.58 bits per heavy atom. The third-order valence-corrected chi connectivity index (χ3v) is 4.97. The van der Waals surface area contributed by atoms with Crippen LogP contribution in [0, 0.1) is 6.92 Å². The summed E-state index contributed by atoms with van der Waals surface area (Å²) in [6.45, 7) is 8.17. The van der Waals surface area contributed by atoms with E-state index in [0.717, 1.165) is 18.8 Å². The van der Waals surface area contributed by atoms with Gasteiger partial charge < -0.3 is 10.1 Å². The van der Waals surface area contributed by atoms with Gasteiger partial charge in [-0.05, 0) is 33.6 Å². The van der Waals surface area contributed by atoms with Gasteiger partial charge in [0.2, 0.25) is 5.91 Å². The van der Waals surface area contributed by atoms with Gasteiger partial charge in [-0.25, -0.2) is 0 Å². The van der Waals surface area contributed by atoms with Crippen LogP contribution in [0.15, 0.2) is 6.07 Å². The maximum atomic E-state index is 12.3. The molecule has 134 valence electrons. The smallest absolute Gasteiger partial charge is 0.239 e. The van der Waals surface area contributed by atoms with Gasteiger partial charge in [-0.3, -0.25) is 14.4 Å². The van der Waals surface area contributed by atoms with Crippen molar-refractivity contribution in [2.24, 2.45) is 0 Å². The maximum absolute atomic E-state index is 12.3. The van der Waals surface area contributed by atoms with E-state index in [2.05, 4.69) is 40.8 Å². The second kappa shape index (κ2) is 7.66. The fraction of sp³-hybridized carbons (Fsp3) is 0.778. The average Bonchev–Trinajstić information content (AvgIpc) is 2.87. The number of nitrogens with zero attached hydrogens (tertiary/aromatic N) is 3. The number of anilines is 1. The van der Waals surface area contributed by atoms with Gasteiger partial charge in [-0.15, -0.1) is 0 Å². The molecule has 0 spiro atoms. The molecule has 1 N–H and O–H groups in total. The summed E-state index contributed by atoms with van der Waals surface area (Å²) in [6, 6.07) is 2.47. The Balaban J connectivity index is 1.56. The molecule has 3 rings (SSSR count). The highest BCUT2D eigenvalue weighted by Gasteiger charge is 2.24. The quantitative estimate of drug-likeness (QED) is 0.920. The molecule has 24 heavy (non-hydrogen) atoms. The first-order chi connectivity index (χ1) is 11.5. The Morgan fingerprint density at radius 1 is 1.25 bits per heavy atom. The van der Waals surface area contributed by atoms with Crippen molar-refractivity contribution in [1.29, 1.82) is 0 Å². The number of carbonyl (C=O) groups is 1. The minimum atomic E-state index is 0.00425. The third-order valence-electron chi connectivity index (χ3n) is 4.97. The fourth-order valence-electron chi connectivity index (χ4n) is 4.04. The number of hydrogen-bond acceptors (Lipinski definition) is 4. The molecule has 1 aliphatic heterocycles. The van der Waals surface area contributed by atoms with Crippen molar-refractivity contribution in [1.82, 2.24) is 14.7 Å². The van der Waals surface area contributed by atoms with Crippen molar-refractivity contribution in [2.75, 3.05) is 25.0 Å². The highest BCUT2D eigenvalue weighted by atomic mass is 16.5. The molecule has 1 saturated carbocycles. The Morgan fingerprint density at radius 2 is 1.92 bits per heavy atom. The zero-order valence-corrected chi connectivity index (χ0v) is 15.1. The largest absolute Gasteiger partial charge is 0.373 e. The molecule has 2 fully saturated rings. The first-order valence-electron chi connectivity index (χ1n) is 9.25. The number of hydrogen-bond donors (Lipinski definition) is 1. The summed E-state index contributed by atoms with van der Waals surface area (Å²) in [4.78, 5) is 14.5. The minimum absolute atomic E-state index is 0.00425. The number of nitrogens with one attached hydrogen (secondary N) is 1. The predicted octanol–water partition coefficient (Wildman–Crippen LogP) is 2.74. The Hall–Kier alpha value is -1.40. The van der Waals surface area contributed by atoms with E-state index in [-0.39, 0.29) is 18.1 Å². The molecule has 6 heteroatoms. The van der Waals surface area contributed by atoms with Gasteiger partial charge in [0.25, 0.3) is 0 Å². The van der Waals surface area contributed by atoms with E-state index < -0.39 is 0 Å². The summed E-state index contributed by atoms with van der Waals surface area (Å²) in [7, 11) is 0. The van der Waals surface area contributed by atoms with E-state index >= 15 is 0 Å². The molecule has 1 aliphatic carbocycles. The first kappa shape index (κ1) is 17.4. The molecule has 1 aromatic heterocycles. The van der Waals surface area contributed by atoms with Gasteiger partial charge in [0, 0.05) is 24.8 Å². The van der Waals surface area contributed by atoms with Crippen LogP contribution in [0.5, 0.6) is 0 Å². The summed E-state index contributed by atoms with van der Waals surface area (Å²) >= 11 is 0. The number of rotatable bonds is 4. The molecule has 2 atom stereocenters. The zero-order valence-electron chi connectivity index (χ0n) is 15.1. The van der Waals surface area contributed by atoms with Gasteiger partial charge in [-0.2, -0.15) is 5.10 Å². The highest BCUT2D eigenvalue weighted by molar-refractivity contribution is 5.91. The lowest BCUT2D eigenvalue weighted by Crippen LogP contribution is -2.48.